The predicted molar refractivity (Wildman–Crippen MR) is 59.0 cm³/mol. The lowest BCUT2D eigenvalue weighted by Gasteiger charge is -2.14. The first-order valence-corrected chi connectivity index (χ1v) is 4.94. The van der Waals surface area contributed by atoms with Crippen LogP contribution >= 0.6 is 0 Å². The summed E-state index contributed by atoms with van der Waals surface area (Å²) in [5.41, 5.74) is -2.16. The van der Waals surface area contributed by atoms with Crippen molar-refractivity contribution in [3.63, 3.8) is 0 Å². The third-order valence-corrected chi connectivity index (χ3v) is 2.21. The second kappa shape index (κ2) is 5.48. The predicted octanol–water partition coefficient (Wildman–Crippen LogP) is 1.61. The quantitative estimate of drug-likeness (QED) is 0.805. The van der Waals surface area contributed by atoms with Crippen molar-refractivity contribution in [1.29, 1.82) is 5.26 Å². The highest BCUT2D eigenvalue weighted by Gasteiger charge is 2.35. The number of hydrogen-bond acceptors (Lipinski definition) is 4. The summed E-state index contributed by atoms with van der Waals surface area (Å²) in [5.74, 6) is -4.06. The number of nitriles is 1. The summed E-state index contributed by atoms with van der Waals surface area (Å²) in [4.78, 5) is 21.3. The molecule has 0 aliphatic rings. The summed E-state index contributed by atoms with van der Waals surface area (Å²) in [6, 6.07) is 2.75. The maximum atomic E-state index is 12.8. The van der Waals surface area contributed by atoms with E-state index in [2.05, 4.69) is 4.74 Å². The van der Waals surface area contributed by atoms with E-state index in [4.69, 9.17) is 10.4 Å². The number of benzene rings is 1. The Hall–Kier alpha value is -2.76. The molecule has 1 aromatic carbocycles. The topological polar surface area (TPSA) is 99.4 Å². The number of halogens is 3. The van der Waals surface area contributed by atoms with Crippen LogP contribution in [0.2, 0.25) is 0 Å². The van der Waals surface area contributed by atoms with Gasteiger partial charge in [0.1, 0.15) is 11.8 Å². The van der Waals surface area contributed by atoms with Crippen molar-refractivity contribution < 1.29 is 32.6 Å². The van der Waals surface area contributed by atoms with Crippen LogP contribution in [0.5, 0.6) is 5.75 Å². The molecule has 1 rings (SSSR count). The maximum absolute atomic E-state index is 12.8. The molecular weight excluding hydrogens is 281 g/mol. The SMILES string of the molecule is COc1cc(C#N)c(NC(=O)C(=O)O)cc1C(F)(F)F. The molecule has 0 aromatic heterocycles. The van der Waals surface area contributed by atoms with Crippen molar-refractivity contribution in [2.75, 3.05) is 12.4 Å². The third kappa shape index (κ3) is 3.17. The molecule has 0 saturated heterocycles. The van der Waals surface area contributed by atoms with E-state index >= 15 is 0 Å². The number of ether oxygens (including phenoxy) is 1. The summed E-state index contributed by atoms with van der Waals surface area (Å²) < 4.78 is 42.8. The summed E-state index contributed by atoms with van der Waals surface area (Å²) in [6.45, 7) is 0. The van der Waals surface area contributed by atoms with Crippen LogP contribution in [-0.2, 0) is 15.8 Å². The van der Waals surface area contributed by atoms with Crippen molar-refractivity contribution in [3.8, 4) is 11.8 Å². The van der Waals surface area contributed by atoms with Gasteiger partial charge in [0, 0.05) is 6.07 Å². The number of carboxylic acid groups (broad SMARTS) is 1. The number of hydrogen-bond donors (Lipinski definition) is 2. The molecule has 0 aliphatic heterocycles. The largest absolute Gasteiger partial charge is 0.496 e. The fraction of sp³-hybridized carbons (Fsp3) is 0.182. The van der Waals surface area contributed by atoms with Crippen LogP contribution in [0.1, 0.15) is 11.1 Å². The Labute approximate surface area is 110 Å². The Morgan fingerprint density at radius 1 is 1.40 bits per heavy atom. The second-order valence-electron chi connectivity index (χ2n) is 3.47. The molecular formula is C11H7F3N2O4. The minimum absolute atomic E-state index is 0.357. The highest BCUT2D eigenvalue weighted by Crippen LogP contribution is 2.39. The summed E-state index contributed by atoms with van der Waals surface area (Å²) in [5, 5.41) is 18.9. The standard InChI is InChI=1S/C11H7F3N2O4/c1-20-8-2-5(4-15)7(16-9(17)10(18)19)3-6(8)11(12,13)14/h2-3H,1H3,(H,16,17)(H,18,19). The van der Waals surface area contributed by atoms with Gasteiger partial charge in [-0.3, -0.25) is 4.79 Å². The van der Waals surface area contributed by atoms with Crippen LogP contribution < -0.4 is 10.1 Å². The highest BCUT2D eigenvalue weighted by atomic mass is 19.4. The highest BCUT2D eigenvalue weighted by molar-refractivity contribution is 6.36. The van der Waals surface area contributed by atoms with E-state index < -0.39 is 35.1 Å². The lowest BCUT2D eigenvalue weighted by Crippen LogP contribution is -2.23. The molecule has 20 heavy (non-hydrogen) atoms. The molecule has 6 nitrogen and oxygen atoms in total. The van der Waals surface area contributed by atoms with Gasteiger partial charge in [0.2, 0.25) is 0 Å². The van der Waals surface area contributed by atoms with Crippen LogP contribution in [0.3, 0.4) is 0 Å². The van der Waals surface area contributed by atoms with Crippen molar-refractivity contribution >= 4 is 17.6 Å². The Balaban J connectivity index is 3.41. The molecule has 0 aliphatic carbocycles. The number of alkyl halides is 3. The average Bonchev–Trinajstić information content (AvgIpc) is 2.36. The van der Waals surface area contributed by atoms with E-state index in [9.17, 15) is 22.8 Å². The Morgan fingerprint density at radius 3 is 2.40 bits per heavy atom. The number of amides is 1. The molecule has 0 saturated carbocycles. The van der Waals surface area contributed by atoms with Gasteiger partial charge in [0.25, 0.3) is 0 Å². The van der Waals surface area contributed by atoms with E-state index in [1.165, 1.54) is 6.07 Å². The normalized spacial score (nSPS) is 10.6. The zero-order valence-corrected chi connectivity index (χ0v) is 9.91. The minimum Gasteiger partial charge on any atom is -0.496 e. The van der Waals surface area contributed by atoms with Gasteiger partial charge in [-0.1, -0.05) is 0 Å². The molecule has 0 heterocycles. The Kier molecular flexibility index (Phi) is 4.19. The smallest absolute Gasteiger partial charge is 0.420 e. The first-order valence-electron chi connectivity index (χ1n) is 4.94. The summed E-state index contributed by atoms with van der Waals surface area (Å²) in [6.07, 6.45) is -4.79. The Morgan fingerprint density at radius 2 is 2.00 bits per heavy atom. The van der Waals surface area contributed by atoms with E-state index in [1.807, 2.05) is 0 Å². The molecule has 0 bridgehead atoms. The van der Waals surface area contributed by atoms with Crippen LogP contribution in [-0.4, -0.2) is 24.1 Å². The summed E-state index contributed by atoms with van der Waals surface area (Å²) >= 11 is 0. The number of aliphatic carboxylic acids is 1. The maximum Gasteiger partial charge on any atom is 0.420 e. The van der Waals surface area contributed by atoms with E-state index in [-0.39, 0.29) is 5.56 Å². The minimum atomic E-state index is -4.79. The van der Waals surface area contributed by atoms with Crippen molar-refractivity contribution in [1.82, 2.24) is 0 Å². The second-order valence-corrected chi connectivity index (χ2v) is 3.47. The van der Waals surface area contributed by atoms with Crippen molar-refractivity contribution in [2.45, 2.75) is 6.18 Å². The first kappa shape index (κ1) is 15.3. The van der Waals surface area contributed by atoms with Gasteiger partial charge in [-0.25, -0.2) is 4.79 Å². The molecule has 0 atom stereocenters. The molecule has 1 aromatic rings. The number of carboxylic acids is 1. The fourth-order valence-electron chi connectivity index (χ4n) is 1.34. The molecule has 2 N–H and O–H groups in total. The molecule has 0 radical (unpaired) electrons. The number of nitrogens with one attached hydrogen (secondary N) is 1. The van der Waals surface area contributed by atoms with Gasteiger partial charge < -0.3 is 15.2 Å². The monoisotopic (exact) mass is 288 g/mol. The average molecular weight is 288 g/mol. The molecule has 9 heteroatoms. The molecule has 106 valence electrons. The van der Waals surface area contributed by atoms with Gasteiger partial charge in [-0.05, 0) is 6.07 Å². The van der Waals surface area contributed by atoms with Gasteiger partial charge in [0.05, 0.1) is 23.9 Å². The van der Waals surface area contributed by atoms with Crippen LogP contribution in [0.25, 0.3) is 0 Å². The molecule has 1 amide bonds. The Bertz CT molecular complexity index is 605. The van der Waals surface area contributed by atoms with Crippen LogP contribution in [0.15, 0.2) is 12.1 Å². The van der Waals surface area contributed by atoms with E-state index in [1.54, 1.807) is 5.32 Å². The number of anilines is 1. The number of carbonyl (C=O) groups excluding carboxylic acids is 1. The number of nitrogens with zero attached hydrogens (tertiary/aromatic N) is 1. The number of rotatable bonds is 2. The van der Waals surface area contributed by atoms with E-state index in [0.717, 1.165) is 13.2 Å². The lowest BCUT2D eigenvalue weighted by atomic mass is 10.1. The van der Waals surface area contributed by atoms with E-state index in [0.29, 0.717) is 6.07 Å². The number of methoxy groups -OCH3 is 1. The van der Waals surface area contributed by atoms with Crippen molar-refractivity contribution in [3.05, 3.63) is 23.3 Å². The van der Waals surface area contributed by atoms with Crippen LogP contribution in [0.4, 0.5) is 18.9 Å². The van der Waals surface area contributed by atoms with Gasteiger partial charge in [-0.2, -0.15) is 18.4 Å². The van der Waals surface area contributed by atoms with Crippen molar-refractivity contribution in [2.24, 2.45) is 0 Å². The zero-order chi connectivity index (χ0) is 15.5. The fourth-order valence-corrected chi connectivity index (χ4v) is 1.34. The van der Waals surface area contributed by atoms with Gasteiger partial charge in [0.15, 0.2) is 0 Å². The third-order valence-electron chi connectivity index (χ3n) is 2.21. The van der Waals surface area contributed by atoms with Gasteiger partial charge >= 0.3 is 18.1 Å². The number of carbonyl (C=O) groups is 2. The van der Waals surface area contributed by atoms with Crippen LogP contribution in [0, 0.1) is 11.3 Å². The molecule has 0 spiro atoms. The zero-order valence-electron chi connectivity index (χ0n) is 9.91. The summed E-state index contributed by atoms with van der Waals surface area (Å²) in [7, 11) is 0.987. The lowest BCUT2D eigenvalue weighted by molar-refractivity contribution is -0.147. The molecule has 0 unspecified atom stereocenters. The molecule has 0 fully saturated rings. The first-order chi connectivity index (χ1) is 9.20. The van der Waals surface area contributed by atoms with Gasteiger partial charge in [-0.15, -0.1) is 0 Å².